The average molecular weight is 235 g/mol. The van der Waals surface area contributed by atoms with Crippen LogP contribution < -0.4 is 0 Å². The fraction of sp³-hybridized carbons (Fsp3) is 0.0625. The monoisotopic (exact) mass is 235 g/mol. The van der Waals surface area contributed by atoms with E-state index in [1.165, 1.54) is 5.56 Å². The molecule has 0 aliphatic carbocycles. The van der Waals surface area contributed by atoms with Gasteiger partial charge in [0, 0.05) is 11.6 Å². The summed E-state index contributed by atoms with van der Waals surface area (Å²) in [4.78, 5) is 4.23. The molecule has 2 aromatic carbocycles. The molecule has 0 spiro atoms. The molecular formula is C16H13NO. The van der Waals surface area contributed by atoms with Crippen LogP contribution >= 0.6 is 0 Å². The predicted octanol–water partition coefficient (Wildman–Crippen LogP) is 3.92. The number of benzene rings is 2. The highest BCUT2D eigenvalue weighted by Gasteiger charge is 2.06. The van der Waals surface area contributed by atoms with Gasteiger partial charge in [-0.15, -0.1) is 0 Å². The first-order chi connectivity index (χ1) is 8.75. The zero-order valence-electron chi connectivity index (χ0n) is 10.1. The van der Waals surface area contributed by atoms with Crippen molar-refractivity contribution in [2.75, 3.05) is 0 Å². The molecule has 18 heavy (non-hydrogen) atoms. The van der Waals surface area contributed by atoms with Crippen LogP contribution in [0.5, 0.6) is 5.75 Å². The number of aromatic nitrogens is 1. The second kappa shape index (κ2) is 4.15. The van der Waals surface area contributed by atoms with Crippen LogP contribution in [0.25, 0.3) is 22.0 Å². The molecule has 0 saturated heterocycles. The number of aryl methyl sites for hydroxylation is 1. The zero-order chi connectivity index (χ0) is 12.5. The number of rotatable bonds is 1. The van der Waals surface area contributed by atoms with Crippen molar-refractivity contribution in [1.82, 2.24) is 4.98 Å². The molecule has 3 aromatic rings. The Morgan fingerprint density at radius 1 is 0.944 bits per heavy atom. The van der Waals surface area contributed by atoms with Crippen LogP contribution in [0.15, 0.2) is 54.7 Å². The Balaban J connectivity index is 2.29. The number of nitrogens with zero attached hydrogens (tertiary/aromatic N) is 1. The average Bonchev–Trinajstić information content (AvgIpc) is 2.40. The van der Waals surface area contributed by atoms with E-state index in [1.807, 2.05) is 18.2 Å². The lowest BCUT2D eigenvalue weighted by atomic mass is 10.0. The molecule has 0 saturated carbocycles. The van der Waals surface area contributed by atoms with Crippen LogP contribution in [-0.2, 0) is 0 Å². The van der Waals surface area contributed by atoms with Crippen molar-refractivity contribution in [2.24, 2.45) is 0 Å². The molecule has 1 N–H and O–H groups in total. The van der Waals surface area contributed by atoms with Crippen LogP contribution in [0, 0.1) is 6.92 Å². The maximum atomic E-state index is 9.82. The largest absolute Gasteiger partial charge is 0.506 e. The van der Waals surface area contributed by atoms with E-state index in [2.05, 4.69) is 36.2 Å². The summed E-state index contributed by atoms with van der Waals surface area (Å²) in [5, 5.41) is 10.8. The van der Waals surface area contributed by atoms with E-state index in [9.17, 15) is 5.11 Å². The number of hydrogen-bond donors (Lipinski definition) is 1. The van der Waals surface area contributed by atoms with E-state index in [0.29, 0.717) is 5.52 Å². The Kier molecular flexibility index (Phi) is 2.49. The van der Waals surface area contributed by atoms with Crippen molar-refractivity contribution >= 4 is 10.9 Å². The van der Waals surface area contributed by atoms with Gasteiger partial charge in [0.25, 0.3) is 0 Å². The van der Waals surface area contributed by atoms with Crippen LogP contribution in [0.4, 0.5) is 0 Å². The summed E-state index contributed by atoms with van der Waals surface area (Å²) in [6.45, 7) is 2.07. The Bertz CT molecular complexity index is 702. The van der Waals surface area contributed by atoms with Crippen molar-refractivity contribution in [1.29, 1.82) is 0 Å². The highest BCUT2D eigenvalue weighted by molar-refractivity contribution is 5.97. The van der Waals surface area contributed by atoms with Crippen molar-refractivity contribution in [2.45, 2.75) is 6.92 Å². The van der Waals surface area contributed by atoms with Gasteiger partial charge in [-0.2, -0.15) is 0 Å². The molecule has 0 radical (unpaired) electrons. The van der Waals surface area contributed by atoms with Crippen molar-refractivity contribution < 1.29 is 5.11 Å². The number of pyridine rings is 1. The molecule has 0 bridgehead atoms. The van der Waals surface area contributed by atoms with E-state index in [1.54, 1.807) is 12.3 Å². The van der Waals surface area contributed by atoms with Gasteiger partial charge in [-0.1, -0.05) is 42.0 Å². The molecule has 1 heterocycles. The molecule has 3 rings (SSSR count). The first kappa shape index (κ1) is 10.8. The van der Waals surface area contributed by atoms with E-state index in [4.69, 9.17) is 0 Å². The number of aromatic hydroxyl groups is 1. The van der Waals surface area contributed by atoms with Crippen molar-refractivity contribution in [3.8, 4) is 16.9 Å². The fourth-order valence-corrected chi connectivity index (χ4v) is 2.15. The molecule has 0 fully saturated rings. The number of phenols is 1. The topological polar surface area (TPSA) is 33.1 Å². The van der Waals surface area contributed by atoms with Crippen molar-refractivity contribution in [3.63, 3.8) is 0 Å². The summed E-state index contributed by atoms with van der Waals surface area (Å²) in [5.41, 5.74) is 4.12. The normalized spacial score (nSPS) is 10.7. The Labute approximate surface area is 106 Å². The van der Waals surface area contributed by atoms with Gasteiger partial charge in [0.1, 0.15) is 11.3 Å². The molecule has 2 nitrogen and oxygen atoms in total. The third-order valence-electron chi connectivity index (χ3n) is 3.11. The molecule has 2 heteroatoms. The van der Waals surface area contributed by atoms with Crippen LogP contribution in [-0.4, -0.2) is 10.1 Å². The molecule has 0 aliphatic heterocycles. The van der Waals surface area contributed by atoms with Gasteiger partial charge in [-0.3, -0.25) is 4.98 Å². The summed E-state index contributed by atoms with van der Waals surface area (Å²) in [7, 11) is 0. The predicted molar refractivity (Wildman–Crippen MR) is 73.6 cm³/mol. The summed E-state index contributed by atoms with van der Waals surface area (Å²) < 4.78 is 0. The lowest BCUT2D eigenvalue weighted by Gasteiger charge is -2.07. The molecule has 0 aliphatic rings. The Hall–Kier alpha value is -2.35. The van der Waals surface area contributed by atoms with Crippen molar-refractivity contribution in [3.05, 3.63) is 60.3 Å². The zero-order valence-corrected chi connectivity index (χ0v) is 10.1. The quantitative estimate of drug-likeness (QED) is 0.693. The van der Waals surface area contributed by atoms with E-state index in [0.717, 1.165) is 16.5 Å². The van der Waals surface area contributed by atoms with E-state index in [-0.39, 0.29) is 5.75 Å². The van der Waals surface area contributed by atoms with Gasteiger partial charge < -0.3 is 5.11 Å². The van der Waals surface area contributed by atoms with E-state index >= 15 is 0 Å². The highest BCUT2D eigenvalue weighted by Crippen LogP contribution is 2.31. The maximum Gasteiger partial charge on any atom is 0.141 e. The fourth-order valence-electron chi connectivity index (χ4n) is 2.15. The van der Waals surface area contributed by atoms with Crippen LogP contribution in [0.2, 0.25) is 0 Å². The SMILES string of the molecule is Cc1ccc(-c2ccnc3c(O)cccc23)cc1. The van der Waals surface area contributed by atoms with Gasteiger partial charge in [-0.05, 0) is 30.2 Å². The maximum absolute atomic E-state index is 9.82. The van der Waals surface area contributed by atoms with Gasteiger partial charge in [-0.25, -0.2) is 0 Å². The van der Waals surface area contributed by atoms with Gasteiger partial charge >= 0.3 is 0 Å². The van der Waals surface area contributed by atoms with Gasteiger partial charge in [0.2, 0.25) is 0 Å². The van der Waals surface area contributed by atoms with E-state index < -0.39 is 0 Å². The summed E-state index contributed by atoms with van der Waals surface area (Å²) >= 11 is 0. The van der Waals surface area contributed by atoms with Gasteiger partial charge in [0.15, 0.2) is 0 Å². The molecule has 88 valence electrons. The number of fused-ring (bicyclic) bond motifs is 1. The summed E-state index contributed by atoms with van der Waals surface area (Å²) in [6.07, 6.45) is 1.73. The second-order valence-corrected chi connectivity index (χ2v) is 4.40. The number of para-hydroxylation sites is 1. The number of hydrogen-bond acceptors (Lipinski definition) is 2. The molecule has 0 amide bonds. The third-order valence-corrected chi connectivity index (χ3v) is 3.11. The van der Waals surface area contributed by atoms with Crippen LogP contribution in [0.3, 0.4) is 0 Å². The molecule has 0 atom stereocenters. The lowest BCUT2D eigenvalue weighted by Crippen LogP contribution is -1.85. The molecule has 1 aromatic heterocycles. The summed E-state index contributed by atoms with van der Waals surface area (Å²) in [6, 6.07) is 15.8. The standard InChI is InChI=1S/C16H13NO/c1-11-5-7-12(8-6-11)13-9-10-17-16-14(13)3-2-4-15(16)18/h2-10,18H,1H3. The second-order valence-electron chi connectivity index (χ2n) is 4.40. The third kappa shape index (κ3) is 1.72. The first-order valence-corrected chi connectivity index (χ1v) is 5.89. The summed E-state index contributed by atoms with van der Waals surface area (Å²) in [5.74, 6) is 0.224. The smallest absolute Gasteiger partial charge is 0.141 e. The molecular weight excluding hydrogens is 222 g/mol. The minimum atomic E-state index is 0.224. The minimum Gasteiger partial charge on any atom is -0.506 e. The molecule has 0 unspecified atom stereocenters. The van der Waals surface area contributed by atoms with Gasteiger partial charge in [0.05, 0.1) is 0 Å². The Morgan fingerprint density at radius 3 is 2.50 bits per heavy atom. The lowest BCUT2D eigenvalue weighted by molar-refractivity contribution is 0.480. The first-order valence-electron chi connectivity index (χ1n) is 5.89. The van der Waals surface area contributed by atoms with Crippen LogP contribution in [0.1, 0.15) is 5.56 Å². The number of phenolic OH excluding ortho intramolecular Hbond substituents is 1. The Morgan fingerprint density at radius 2 is 1.72 bits per heavy atom. The minimum absolute atomic E-state index is 0.224. The highest BCUT2D eigenvalue weighted by atomic mass is 16.3.